The van der Waals surface area contributed by atoms with Crippen molar-refractivity contribution in [2.75, 3.05) is 0 Å². The first kappa shape index (κ1) is 15.7. The van der Waals surface area contributed by atoms with E-state index in [0.29, 0.717) is 5.56 Å². The lowest BCUT2D eigenvalue weighted by molar-refractivity contribution is -0.138. The fourth-order valence-corrected chi connectivity index (χ4v) is 2.41. The van der Waals surface area contributed by atoms with Crippen LogP contribution in [-0.2, 0) is 18.8 Å². The minimum absolute atomic E-state index is 0.122. The van der Waals surface area contributed by atoms with Gasteiger partial charge in [0.2, 0.25) is 0 Å². The van der Waals surface area contributed by atoms with Gasteiger partial charge in [-0.1, -0.05) is 12.1 Å². The van der Waals surface area contributed by atoms with Crippen molar-refractivity contribution < 1.29 is 31.1 Å². The molecule has 3 rings (SSSR count). The Hall–Kier alpha value is -2.18. The van der Waals surface area contributed by atoms with Crippen molar-refractivity contribution >= 4 is 0 Å². The van der Waals surface area contributed by atoms with Crippen molar-refractivity contribution in [1.29, 1.82) is 0 Å². The third-order valence-corrected chi connectivity index (χ3v) is 3.52. The molecule has 0 aliphatic carbocycles. The van der Waals surface area contributed by atoms with Gasteiger partial charge in [-0.3, -0.25) is 0 Å². The second kappa shape index (κ2) is 5.18. The molecule has 0 fully saturated rings. The number of benzene rings is 2. The van der Waals surface area contributed by atoms with Gasteiger partial charge in [0.1, 0.15) is 12.4 Å². The van der Waals surface area contributed by atoms with E-state index in [1.807, 2.05) is 0 Å². The number of fused-ring (bicyclic) bond motifs is 1. The molecule has 0 atom stereocenters. The largest absolute Gasteiger partial charge is 0.485 e. The number of ether oxygens (including phenoxy) is 1. The number of rotatable bonds is 1. The van der Waals surface area contributed by atoms with E-state index in [1.54, 1.807) is 0 Å². The number of alkyl halides is 6. The predicted octanol–water partition coefficient (Wildman–Crippen LogP) is 5.49. The summed E-state index contributed by atoms with van der Waals surface area (Å²) in [6, 6.07) is 5.83. The third-order valence-electron chi connectivity index (χ3n) is 3.52. The molecule has 0 amide bonds. The predicted molar refractivity (Wildman–Crippen MR) is 70.5 cm³/mol. The normalized spacial score (nSPS) is 14.5. The Balaban J connectivity index is 2.11. The molecular weight excluding hydrogens is 322 g/mol. The van der Waals surface area contributed by atoms with Crippen molar-refractivity contribution in [3.63, 3.8) is 0 Å². The van der Waals surface area contributed by atoms with E-state index in [1.165, 1.54) is 6.61 Å². The average molecular weight is 331 g/mol. The zero-order chi connectivity index (χ0) is 16.8. The number of halogens is 6. The standard InChI is InChI=1S/C16H9F6O/c17-15(18,19)11-3-1-9(2-4-11)13-8-12(16(20,21)22)7-10-5-6-23-14(10)13/h1-4,6-8H,5H2. The van der Waals surface area contributed by atoms with E-state index in [9.17, 15) is 26.3 Å². The van der Waals surface area contributed by atoms with Gasteiger partial charge >= 0.3 is 12.4 Å². The second-order valence-corrected chi connectivity index (χ2v) is 5.07. The van der Waals surface area contributed by atoms with Crippen LogP contribution in [0.4, 0.5) is 26.3 Å². The smallest absolute Gasteiger partial charge is 0.416 e. The van der Waals surface area contributed by atoms with Crippen LogP contribution in [0.25, 0.3) is 11.1 Å². The van der Waals surface area contributed by atoms with Gasteiger partial charge < -0.3 is 4.74 Å². The van der Waals surface area contributed by atoms with Gasteiger partial charge in [0.15, 0.2) is 0 Å². The van der Waals surface area contributed by atoms with Gasteiger partial charge in [-0.05, 0) is 35.4 Å². The molecule has 1 radical (unpaired) electrons. The molecule has 0 aromatic heterocycles. The van der Waals surface area contributed by atoms with Gasteiger partial charge in [-0.25, -0.2) is 0 Å². The molecule has 0 saturated heterocycles. The molecule has 7 heteroatoms. The minimum atomic E-state index is -4.54. The van der Waals surface area contributed by atoms with Gasteiger partial charge in [0, 0.05) is 12.0 Å². The summed E-state index contributed by atoms with van der Waals surface area (Å²) < 4.78 is 81.9. The van der Waals surface area contributed by atoms with Crippen molar-refractivity contribution in [2.24, 2.45) is 0 Å². The van der Waals surface area contributed by atoms with E-state index < -0.39 is 23.5 Å². The fraction of sp³-hybridized carbons (Fsp3) is 0.188. The molecule has 2 aromatic rings. The summed E-state index contributed by atoms with van der Waals surface area (Å²) in [5, 5.41) is 0. The number of hydrogen-bond donors (Lipinski definition) is 0. The van der Waals surface area contributed by atoms with E-state index in [2.05, 4.69) is 0 Å². The second-order valence-electron chi connectivity index (χ2n) is 5.07. The summed E-state index contributed by atoms with van der Waals surface area (Å²) in [5.74, 6) is 0.248. The first-order valence-corrected chi connectivity index (χ1v) is 6.56. The molecule has 121 valence electrons. The minimum Gasteiger partial charge on any atom is -0.485 e. The molecule has 23 heavy (non-hydrogen) atoms. The molecule has 0 N–H and O–H groups in total. The molecule has 1 aliphatic heterocycles. The lowest BCUT2D eigenvalue weighted by Crippen LogP contribution is -2.06. The maximum absolute atomic E-state index is 13.0. The lowest BCUT2D eigenvalue weighted by atomic mass is 9.97. The first-order valence-electron chi connectivity index (χ1n) is 6.56. The topological polar surface area (TPSA) is 9.23 Å². The van der Waals surface area contributed by atoms with E-state index >= 15 is 0 Å². The quantitative estimate of drug-likeness (QED) is 0.628. The summed E-state index contributed by atoms with van der Waals surface area (Å²) in [7, 11) is 0. The molecule has 2 aromatic carbocycles. The maximum Gasteiger partial charge on any atom is 0.416 e. The van der Waals surface area contributed by atoms with Crippen LogP contribution in [0.15, 0.2) is 36.4 Å². The zero-order valence-corrected chi connectivity index (χ0v) is 11.4. The van der Waals surface area contributed by atoms with Crippen LogP contribution in [0.5, 0.6) is 5.75 Å². The molecule has 1 nitrogen and oxygen atoms in total. The van der Waals surface area contributed by atoms with E-state index in [0.717, 1.165) is 36.4 Å². The van der Waals surface area contributed by atoms with Crippen LogP contribution in [0.3, 0.4) is 0 Å². The molecule has 0 spiro atoms. The van der Waals surface area contributed by atoms with Gasteiger partial charge in [-0.2, -0.15) is 26.3 Å². The molecule has 0 unspecified atom stereocenters. The Bertz CT molecular complexity index is 728. The summed E-state index contributed by atoms with van der Waals surface area (Å²) in [6.07, 6.45) is -8.83. The number of hydrogen-bond acceptors (Lipinski definition) is 1. The molecule has 1 aliphatic rings. The van der Waals surface area contributed by atoms with Crippen molar-refractivity contribution in [3.05, 3.63) is 59.7 Å². The molecule has 0 saturated carbocycles. The highest BCUT2D eigenvalue weighted by atomic mass is 19.4. The van der Waals surface area contributed by atoms with Crippen molar-refractivity contribution in [2.45, 2.75) is 18.8 Å². The highest BCUT2D eigenvalue weighted by molar-refractivity contribution is 5.74. The van der Waals surface area contributed by atoms with E-state index in [4.69, 9.17) is 4.74 Å². The molecule has 1 heterocycles. The van der Waals surface area contributed by atoms with E-state index in [-0.39, 0.29) is 23.3 Å². The summed E-state index contributed by atoms with van der Waals surface area (Å²) >= 11 is 0. The van der Waals surface area contributed by atoms with Crippen molar-refractivity contribution in [3.8, 4) is 16.9 Å². The summed E-state index contributed by atoms with van der Waals surface area (Å²) in [4.78, 5) is 0. The van der Waals surface area contributed by atoms with Crippen molar-refractivity contribution in [1.82, 2.24) is 0 Å². The zero-order valence-electron chi connectivity index (χ0n) is 11.4. The maximum atomic E-state index is 13.0. The SMILES string of the molecule is FC(F)(F)c1ccc(-c2cc(C(F)(F)F)cc3c2O[CH]C3)cc1. The van der Waals surface area contributed by atoms with Gasteiger partial charge in [-0.15, -0.1) is 0 Å². The third kappa shape index (κ3) is 3.00. The average Bonchev–Trinajstić information content (AvgIpc) is 2.93. The lowest BCUT2D eigenvalue weighted by Gasteiger charge is -2.14. The Morgan fingerprint density at radius 2 is 1.39 bits per heavy atom. The Kier molecular flexibility index (Phi) is 3.54. The summed E-state index contributed by atoms with van der Waals surface area (Å²) in [5.41, 5.74) is -1.01. The van der Waals surface area contributed by atoms with Crippen LogP contribution in [-0.4, -0.2) is 0 Å². The Morgan fingerprint density at radius 1 is 0.783 bits per heavy atom. The monoisotopic (exact) mass is 331 g/mol. The highest BCUT2D eigenvalue weighted by Crippen LogP contribution is 2.43. The molecular formula is C16H9F6O. The Morgan fingerprint density at radius 3 is 1.96 bits per heavy atom. The fourth-order valence-electron chi connectivity index (χ4n) is 2.41. The van der Waals surface area contributed by atoms with Crippen LogP contribution in [0.1, 0.15) is 16.7 Å². The van der Waals surface area contributed by atoms with Crippen LogP contribution in [0, 0.1) is 6.61 Å². The summed E-state index contributed by atoms with van der Waals surface area (Å²) in [6.45, 7) is 1.36. The van der Waals surface area contributed by atoms with Crippen LogP contribution in [0.2, 0.25) is 0 Å². The van der Waals surface area contributed by atoms with Crippen LogP contribution >= 0.6 is 0 Å². The van der Waals surface area contributed by atoms with Gasteiger partial charge in [0.05, 0.1) is 11.1 Å². The first-order chi connectivity index (χ1) is 10.7. The molecule has 0 bridgehead atoms. The highest BCUT2D eigenvalue weighted by Gasteiger charge is 2.34. The van der Waals surface area contributed by atoms with Crippen LogP contribution < -0.4 is 4.74 Å². The Labute approximate surface area is 127 Å². The van der Waals surface area contributed by atoms with Gasteiger partial charge in [0.25, 0.3) is 0 Å².